The number of nitrogens with one attached hydrogen (secondary N) is 1. The third kappa shape index (κ3) is 2.44. The Hall–Kier alpha value is -1.74. The zero-order chi connectivity index (χ0) is 11.5. The lowest BCUT2D eigenvalue weighted by atomic mass is 10.2. The molecule has 2 rings (SSSR count). The maximum Gasteiger partial charge on any atom is 0.309 e. The highest BCUT2D eigenvalue weighted by Crippen LogP contribution is 2.23. The van der Waals surface area contributed by atoms with Gasteiger partial charge in [-0.1, -0.05) is 23.7 Å². The number of benzene rings is 1. The lowest BCUT2D eigenvalue weighted by Gasteiger charge is -1.99. The van der Waals surface area contributed by atoms with E-state index in [9.17, 15) is 4.79 Å². The minimum Gasteiger partial charge on any atom is -0.410 e. The fourth-order valence-electron chi connectivity index (χ4n) is 1.39. The summed E-state index contributed by atoms with van der Waals surface area (Å²) in [7, 11) is 0. The van der Waals surface area contributed by atoms with Crippen LogP contribution in [0.3, 0.4) is 0 Å². The fourth-order valence-corrected chi connectivity index (χ4v) is 1.51. The smallest absolute Gasteiger partial charge is 0.309 e. The van der Waals surface area contributed by atoms with Crippen molar-refractivity contribution >= 4 is 17.6 Å². The second-order valence-electron chi connectivity index (χ2n) is 3.34. The van der Waals surface area contributed by atoms with Crippen molar-refractivity contribution in [3.63, 3.8) is 0 Å². The molecule has 3 nitrogen and oxygen atoms in total. The third-order valence-electron chi connectivity index (χ3n) is 2.07. The Morgan fingerprint density at radius 2 is 1.88 bits per heavy atom. The average Bonchev–Trinajstić information content (AvgIpc) is 2.66. The van der Waals surface area contributed by atoms with E-state index in [0.717, 1.165) is 11.3 Å². The van der Waals surface area contributed by atoms with Crippen molar-refractivity contribution < 1.29 is 9.53 Å². The van der Waals surface area contributed by atoms with Crippen molar-refractivity contribution in [2.75, 3.05) is 0 Å². The van der Waals surface area contributed by atoms with E-state index < -0.39 is 0 Å². The van der Waals surface area contributed by atoms with Crippen molar-refractivity contribution in [3.8, 4) is 17.1 Å². The molecule has 0 saturated carbocycles. The molecule has 1 N–H and O–H groups in total. The molecule has 0 amide bonds. The van der Waals surface area contributed by atoms with Crippen LogP contribution in [0.25, 0.3) is 11.3 Å². The predicted molar refractivity (Wildman–Crippen MR) is 62.5 cm³/mol. The van der Waals surface area contributed by atoms with Crippen molar-refractivity contribution in [3.05, 3.63) is 41.4 Å². The summed E-state index contributed by atoms with van der Waals surface area (Å²) in [5.41, 5.74) is 1.87. The van der Waals surface area contributed by atoms with Gasteiger partial charge in [0.05, 0.1) is 0 Å². The summed E-state index contributed by atoms with van der Waals surface area (Å²) in [5.74, 6) is 0.0990. The highest BCUT2D eigenvalue weighted by molar-refractivity contribution is 6.30. The Morgan fingerprint density at radius 3 is 2.50 bits per heavy atom. The second kappa shape index (κ2) is 4.41. The topological polar surface area (TPSA) is 42.1 Å². The molecule has 0 aliphatic rings. The van der Waals surface area contributed by atoms with E-state index >= 15 is 0 Å². The van der Waals surface area contributed by atoms with E-state index in [1.54, 1.807) is 6.07 Å². The van der Waals surface area contributed by atoms with Gasteiger partial charge in [-0.3, -0.25) is 4.79 Å². The monoisotopic (exact) mass is 235 g/mol. The maximum atomic E-state index is 10.7. The highest BCUT2D eigenvalue weighted by Gasteiger charge is 2.03. The van der Waals surface area contributed by atoms with Gasteiger partial charge in [-0.25, -0.2) is 0 Å². The first kappa shape index (κ1) is 10.8. The molecule has 0 unspecified atom stereocenters. The first-order chi connectivity index (χ1) is 7.65. The summed E-state index contributed by atoms with van der Waals surface area (Å²) < 4.78 is 4.92. The molecule has 0 radical (unpaired) electrons. The molecular formula is C12H10ClNO2. The number of carbonyl (C=O) groups is 1. The minimum atomic E-state index is -0.343. The molecule has 4 heteroatoms. The number of carbonyl (C=O) groups excluding carboxylic acids is 1. The van der Waals surface area contributed by atoms with Gasteiger partial charge in [0.2, 0.25) is 5.88 Å². The van der Waals surface area contributed by atoms with E-state index in [0.29, 0.717) is 10.9 Å². The summed E-state index contributed by atoms with van der Waals surface area (Å²) in [4.78, 5) is 13.7. The Labute approximate surface area is 98.0 Å². The Balaban J connectivity index is 2.24. The van der Waals surface area contributed by atoms with Gasteiger partial charge in [-0.05, 0) is 23.8 Å². The summed E-state index contributed by atoms with van der Waals surface area (Å²) >= 11 is 5.79. The van der Waals surface area contributed by atoms with Crippen LogP contribution in [0, 0.1) is 0 Å². The molecule has 1 aromatic heterocycles. The molecule has 0 bridgehead atoms. The van der Waals surface area contributed by atoms with E-state index in [4.69, 9.17) is 16.3 Å². The molecule has 16 heavy (non-hydrogen) atoms. The minimum absolute atomic E-state index is 0.343. The largest absolute Gasteiger partial charge is 0.410 e. The van der Waals surface area contributed by atoms with Gasteiger partial charge in [0.25, 0.3) is 0 Å². The molecule has 82 valence electrons. The number of hydrogen-bond acceptors (Lipinski definition) is 2. The molecule has 0 atom stereocenters. The van der Waals surface area contributed by atoms with Crippen molar-refractivity contribution in [2.45, 2.75) is 6.92 Å². The number of aromatic amines is 1. The van der Waals surface area contributed by atoms with Gasteiger partial charge in [0.15, 0.2) is 0 Å². The lowest BCUT2D eigenvalue weighted by Crippen LogP contribution is -2.01. The van der Waals surface area contributed by atoms with Crippen LogP contribution in [0.1, 0.15) is 6.92 Å². The van der Waals surface area contributed by atoms with Crippen LogP contribution >= 0.6 is 11.6 Å². The van der Waals surface area contributed by atoms with Gasteiger partial charge in [0.1, 0.15) is 0 Å². The second-order valence-corrected chi connectivity index (χ2v) is 3.77. The summed E-state index contributed by atoms with van der Waals surface area (Å²) in [6, 6.07) is 11.0. The molecular weight excluding hydrogens is 226 g/mol. The standard InChI is InChI=1S/C12H10ClNO2/c1-8(15)16-12-7-6-11(14-12)9-2-4-10(13)5-3-9/h2-7,14H,1H3. The lowest BCUT2D eigenvalue weighted by molar-refractivity contribution is -0.132. The Morgan fingerprint density at radius 1 is 1.19 bits per heavy atom. The van der Waals surface area contributed by atoms with Crippen LogP contribution in [-0.4, -0.2) is 11.0 Å². The number of halogens is 1. The number of ether oxygens (including phenoxy) is 1. The SMILES string of the molecule is CC(=O)Oc1ccc(-c2ccc(Cl)cc2)[nH]1. The van der Waals surface area contributed by atoms with Crippen LogP contribution in [0.2, 0.25) is 5.02 Å². The Bertz CT molecular complexity index is 502. The van der Waals surface area contributed by atoms with E-state index in [2.05, 4.69) is 4.98 Å². The summed E-state index contributed by atoms with van der Waals surface area (Å²) in [6.07, 6.45) is 0. The predicted octanol–water partition coefficient (Wildman–Crippen LogP) is 3.26. The molecule has 0 saturated heterocycles. The van der Waals surface area contributed by atoms with Crippen molar-refractivity contribution in [1.29, 1.82) is 0 Å². The van der Waals surface area contributed by atoms with Gasteiger partial charge < -0.3 is 9.72 Å². The van der Waals surface area contributed by atoms with Gasteiger partial charge in [-0.15, -0.1) is 0 Å². The number of aromatic nitrogens is 1. The zero-order valence-electron chi connectivity index (χ0n) is 8.66. The van der Waals surface area contributed by atoms with Gasteiger partial charge in [0, 0.05) is 23.7 Å². The third-order valence-corrected chi connectivity index (χ3v) is 2.32. The normalized spacial score (nSPS) is 10.1. The maximum absolute atomic E-state index is 10.7. The highest BCUT2D eigenvalue weighted by atomic mass is 35.5. The van der Waals surface area contributed by atoms with Gasteiger partial charge in [-0.2, -0.15) is 0 Å². The van der Waals surface area contributed by atoms with Crippen LogP contribution < -0.4 is 4.74 Å². The first-order valence-electron chi connectivity index (χ1n) is 4.78. The zero-order valence-corrected chi connectivity index (χ0v) is 9.41. The van der Waals surface area contributed by atoms with Crippen LogP contribution in [0.4, 0.5) is 0 Å². The summed E-state index contributed by atoms with van der Waals surface area (Å²) in [5, 5.41) is 0.690. The van der Waals surface area contributed by atoms with Crippen molar-refractivity contribution in [2.24, 2.45) is 0 Å². The average molecular weight is 236 g/mol. The number of esters is 1. The fraction of sp³-hybridized carbons (Fsp3) is 0.0833. The quantitative estimate of drug-likeness (QED) is 0.812. The number of hydrogen-bond donors (Lipinski definition) is 1. The van der Waals surface area contributed by atoms with E-state index in [1.165, 1.54) is 6.92 Å². The van der Waals surface area contributed by atoms with Crippen molar-refractivity contribution in [1.82, 2.24) is 4.98 Å². The molecule has 1 heterocycles. The van der Waals surface area contributed by atoms with Crippen LogP contribution in [0.15, 0.2) is 36.4 Å². The first-order valence-corrected chi connectivity index (χ1v) is 5.16. The van der Waals surface area contributed by atoms with Crippen LogP contribution in [0.5, 0.6) is 5.88 Å². The summed E-state index contributed by atoms with van der Waals surface area (Å²) in [6.45, 7) is 1.36. The molecule has 1 aromatic carbocycles. The molecule has 0 fully saturated rings. The molecule has 0 aliphatic carbocycles. The van der Waals surface area contributed by atoms with Crippen LogP contribution in [-0.2, 0) is 4.79 Å². The molecule has 0 spiro atoms. The van der Waals surface area contributed by atoms with E-state index in [-0.39, 0.29) is 5.97 Å². The van der Waals surface area contributed by atoms with Gasteiger partial charge >= 0.3 is 5.97 Å². The molecule has 2 aromatic rings. The number of rotatable bonds is 2. The Kier molecular flexibility index (Phi) is 2.97. The number of H-pyrrole nitrogens is 1. The molecule has 0 aliphatic heterocycles. The van der Waals surface area contributed by atoms with E-state index in [1.807, 2.05) is 30.3 Å².